The number of nitrogens with zero attached hydrogens (tertiary/aromatic N) is 4. The Hall–Kier alpha value is -4.25. The highest BCUT2D eigenvalue weighted by Crippen LogP contribution is 2.18. The highest BCUT2D eigenvalue weighted by molar-refractivity contribution is 5.97. The van der Waals surface area contributed by atoms with Crippen LogP contribution in [0, 0.1) is 11.6 Å². The highest BCUT2D eigenvalue weighted by atomic mass is 19.2. The average molecular weight is 508 g/mol. The third-order valence-corrected chi connectivity index (χ3v) is 6.07. The maximum atomic E-state index is 13.8. The van der Waals surface area contributed by atoms with Crippen molar-refractivity contribution in [2.24, 2.45) is 4.99 Å². The molecule has 4 heterocycles. The Bertz CT molecular complexity index is 1670. The molecular formula is C26H22F2N4O5. The third kappa shape index (κ3) is 4.65. The van der Waals surface area contributed by atoms with Gasteiger partial charge in [-0.15, -0.1) is 0 Å². The van der Waals surface area contributed by atoms with E-state index in [1.807, 2.05) is 0 Å². The first-order chi connectivity index (χ1) is 17.9. The van der Waals surface area contributed by atoms with Crippen molar-refractivity contribution in [1.82, 2.24) is 14.0 Å². The molecule has 5 rings (SSSR count). The van der Waals surface area contributed by atoms with Crippen LogP contribution in [-0.2, 0) is 16.0 Å². The molecule has 0 radical (unpaired) electrons. The highest BCUT2D eigenvalue weighted by Gasteiger charge is 2.24. The van der Waals surface area contributed by atoms with E-state index in [1.54, 1.807) is 31.3 Å². The topological polar surface area (TPSA) is 104 Å². The number of fused-ring (bicyclic) bond motifs is 2. The van der Waals surface area contributed by atoms with Gasteiger partial charge in [-0.2, -0.15) is 4.99 Å². The van der Waals surface area contributed by atoms with Crippen LogP contribution in [0.4, 0.5) is 8.78 Å². The van der Waals surface area contributed by atoms with Crippen molar-refractivity contribution < 1.29 is 27.8 Å². The summed E-state index contributed by atoms with van der Waals surface area (Å²) >= 11 is 0. The first-order valence-electron chi connectivity index (χ1n) is 11.7. The molecule has 1 atom stereocenters. The summed E-state index contributed by atoms with van der Waals surface area (Å²) in [5, 5.41) is 0.115. The van der Waals surface area contributed by atoms with Gasteiger partial charge in [-0.25, -0.2) is 18.6 Å². The molecule has 1 aliphatic heterocycles. The summed E-state index contributed by atoms with van der Waals surface area (Å²) in [6, 6.07) is 9.00. The zero-order valence-electron chi connectivity index (χ0n) is 19.8. The Kier molecular flexibility index (Phi) is 6.62. The molecule has 0 bridgehead atoms. The van der Waals surface area contributed by atoms with Crippen LogP contribution in [0.2, 0.25) is 0 Å². The van der Waals surface area contributed by atoms with Crippen LogP contribution < -0.4 is 11.0 Å². The fourth-order valence-electron chi connectivity index (χ4n) is 4.31. The quantitative estimate of drug-likeness (QED) is 0.303. The molecule has 11 heteroatoms. The molecule has 190 valence electrons. The number of esters is 1. The maximum absolute atomic E-state index is 13.8. The normalized spacial score (nSPS) is 16.0. The minimum Gasteiger partial charge on any atom is -0.462 e. The zero-order valence-corrected chi connectivity index (χ0v) is 19.8. The SMILES string of the molecule is CCOC(=O)c1cc2c(=O)n3ccccc3nc2n(C[C@@H]2CCCO2)c1=NC(=O)c1ccc(F)c(F)c1. The van der Waals surface area contributed by atoms with Gasteiger partial charge in [0.1, 0.15) is 16.9 Å². The van der Waals surface area contributed by atoms with Crippen LogP contribution in [0.5, 0.6) is 0 Å². The lowest BCUT2D eigenvalue weighted by atomic mass is 10.1. The maximum Gasteiger partial charge on any atom is 0.341 e. The summed E-state index contributed by atoms with van der Waals surface area (Å²) in [5.41, 5.74) is -0.365. The molecule has 0 aliphatic carbocycles. The molecule has 9 nitrogen and oxygen atoms in total. The van der Waals surface area contributed by atoms with Crippen molar-refractivity contribution in [1.29, 1.82) is 0 Å². The second kappa shape index (κ2) is 10.0. The number of carbonyl (C=O) groups excluding carboxylic acids is 2. The van der Waals surface area contributed by atoms with E-state index in [0.717, 1.165) is 24.6 Å². The number of ether oxygens (including phenoxy) is 2. The molecule has 0 N–H and O–H groups in total. The molecule has 37 heavy (non-hydrogen) atoms. The second-order valence-corrected chi connectivity index (χ2v) is 8.48. The molecule has 1 saturated heterocycles. The summed E-state index contributed by atoms with van der Waals surface area (Å²) in [7, 11) is 0. The van der Waals surface area contributed by atoms with Gasteiger partial charge in [-0.05, 0) is 56.2 Å². The van der Waals surface area contributed by atoms with E-state index in [4.69, 9.17) is 9.47 Å². The lowest BCUT2D eigenvalue weighted by Crippen LogP contribution is -2.35. The molecule has 3 aromatic heterocycles. The van der Waals surface area contributed by atoms with Gasteiger partial charge in [-0.3, -0.25) is 14.0 Å². The van der Waals surface area contributed by atoms with Crippen LogP contribution in [0.15, 0.2) is 58.4 Å². The summed E-state index contributed by atoms with van der Waals surface area (Å²) in [4.78, 5) is 48.2. The van der Waals surface area contributed by atoms with Gasteiger partial charge < -0.3 is 14.0 Å². The molecule has 1 aliphatic rings. The Labute approximate surface area is 208 Å². The number of amides is 1. The van der Waals surface area contributed by atoms with E-state index in [-0.39, 0.29) is 46.9 Å². The van der Waals surface area contributed by atoms with Gasteiger partial charge in [0.05, 0.1) is 24.6 Å². The number of halogens is 2. The van der Waals surface area contributed by atoms with E-state index < -0.39 is 29.1 Å². The second-order valence-electron chi connectivity index (χ2n) is 8.48. The molecular weight excluding hydrogens is 486 g/mol. The van der Waals surface area contributed by atoms with Crippen LogP contribution in [0.25, 0.3) is 16.7 Å². The van der Waals surface area contributed by atoms with Crippen LogP contribution in [0.1, 0.15) is 40.5 Å². The van der Waals surface area contributed by atoms with Gasteiger partial charge in [0.25, 0.3) is 11.5 Å². The van der Waals surface area contributed by atoms with E-state index in [2.05, 4.69) is 9.98 Å². The van der Waals surface area contributed by atoms with E-state index in [0.29, 0.717) is 18.7 Å². The first-order valence-corrected chi connectivity index (χ1v) is 11.7. The van der Waals surface area contributed by atoms with Crippen molar-refractivity contribution in [2.45, 2.75) is 32.4 Å². The fourth-order valence-corrected chi connectivity index (χ4v) is 4.31. The fraction of sp³-hybridized carbons (Fsp3) is 0.269. The Morgan fingerprint density at radius 2 is 2.03 bits per heavy atom. The lowest BCUT2D eigenvalue weighted by Gasteiger charge is -2.18. The summed E-state index contributed by atoms with van der Waals surface area (Å²) < 4.78 is 41.1. The van der Waals surface area contributed by atoms with E-state index in [1.165, 1.54) is 15.0 Å². The van der Waals surface area contributed by atoms with Crippen molar-refractivity contribution in [3.8, 4) is 0 Å². The number of carbonyl (C=O) groups is 2. The number of aromatic nitrogens is 3. The summed E-state index contributed by atoms with van der Waals surface area (Å²) in [5.74, 6) is -4.04. The monoisotopic (exact) mass is 508 g/mol. The molecule has 0 unspecified atom stereocenters. The van der Waals surface area contributed by atoms with Gasteiger partial charge in [0.15, 0.2) is 17.1 Å². The van der Waals surface area contributed by atoms with Crippen molar-refractivity contribution in [3.05, 3.63) is 87.3 Å². The van der Waals surface area contributed by atoms with Crippen molar-refractivity contribution >= 4 is 28.6 Å². The van der Waals surface area contributed by atoms with E-state index in [9.17, 15) is 23.2 Å². The average Bonchev–Trinajstić information content (AvgIpc) is 3.40. The minimum absolute atomic E-state index is 0.0358. The molecule has 4 aromatic rings. The molecule has 0 spiro atoms. The predicted molar refractivity (Wildman–Crippen MR) is 128 cm³/mol. The predicted octanol–water partition coefficient (Wildman–Crippen LogP) is 3.02. The molecule has 1 aromatic carbocycles. The van der Waals surface area contributed by atoms with E-state index >= 15 is 0 Å². The largest absolute Gasteiger partial charge is 0.462 e. The smallest absolute Gasteiger partial charge is 0.341 e. The van der Waals surface area contributed by atoms with Crippen LogP contribution >= 0.6 is 0 Å². The van der Waals surface area contributed by atoms with Crippen LogP contribution in [-0.4, -0.2) is 45.1 Å². The Morgan fingerprint density at radius 1 is 1.19 bits per heavy atom. The molecule has 1 amide bonds. The Balaban J connectivity index is 1.85. The zero-order chi connectivity index (χ0) is 26.1. The minimum atomic E-state index is -1.21. The molecule has 0 saturated carbocycles. The lowest BCUT2D eigenvalue weighted by molar-refractivity contribution is 0.0521. The number of hydrogen-bond donors (Lipinski definition) is 0. The van der Waals surface area contributed by atoms with Gasteiger partial charge >= 0.3 is 5.97 Å². The molecule has 1 fully saturated rings. The van der Waals surface area contributed by atoms with Gasteiger partial charge in [0, 0.05) is 18.4 Å². The van der Waals surface area contributed by atoms with Crippen molar-refractivity contribution in [2.75, 3.05) is 13.2 Å². The standard InChI is InChI=1S/C26H22F2N4O5/c1-2-36-26(35)18-13-17-22(29-21-7-3-4-10-31(21)25(17)34)32(14-16-6-5-11-37-16)23(18)30-24(33)15-8-9-19(27)20(28)12-15/h3-4,7-10,12-13,16H,2,5-6,11,14H2,1H3/t16-/m0/s1. The summed E-state index contributed by atoms with van der Waals surface area (Å²) in [6.07, 6.45) is 2.80. The van der Waals surface area contributed by atoms with Crippen molar-refractivity contribution in [3.63, 3.8) is 0 Å². The first kappa shape index (κ1) is 24.4. The number of pyridine rings is 2. The Morgan fingerprint density at radius 3 is 2.76 bits per heavy atom. The van der Waals surface area contributed by atoms with Gasteiger partial charge in [0.2, 0.25) is 0 Å². The van der Waals surface area contributed by atoms with Crippen LogP contribution in [0.3, 0.4) is 0 Å². The third-order valence-electron chi connectivity index (χ3n) is 6.07. The summed E-state index contributed by atoms with van der Waals surface area (Å²) in [6.45, 7) is 2.34. The number of rotatable bonds is 5. The van der Waals surface area contributed by atoms with Gasteiger partial charge in [-0.1, -0.05) is 6.07 Å². The number of benzene rings is 1. The number of hydrogen-bond acceptors (Lipinski definition) is 6.